The number of hydrogen-bond donors (Lipinski definition) is 1. The second-order valence-electron chi connectivity index (χ2n) is 6.40. The Kier molecular flexibility index (Phi) is 4.41. The summed E-state index contributed by atoms with van der Waals surface area (Å²) in [6, 6.07) is 15.7. The SMILES string of the molecule is CCc1ccc(C(c2ccc3c(c2)OCO3)N2CCNCC2)cc1. The van der Waals surface area contributed by atoms with Gasteiger partial charge in [0.25, 0.3) is 0 Å². The molecule has 0 amide bonds. The van der Waals surface area contributed by atoms with E-state index in [1.54, 1.807) is 0 Å². The van der Waals surface area contributed by atoms with Gasteiger partial charge in [-0.3, -0.25) is 4.90 Å². The lowest BCUT2D eigenvalue weighted by Gasteiger charge is -2.35. The van der Waals surface area contributed by atoms with Gasteiger partial charge in [-0.25, -0.2) is 0 Å². The number of ether oxygens (including phenoxy) is 2. The molecule has 0 radical (unpaired) electrons. The molecule has 0 aliphatic carbocycles. The Morgan fingerprint density at radius 1 is 0.958 bits per heavy atom. The minimum absolute atomic E-state index is 0.257. The first kappa shape index (κ1) is 15.5. The van der Waals surface area contributed by atoms with Crippen LogP contribution < -0.4 is 14.8 Å². The molecule has 126 valence electrons. The Bertz CT molecular complexity index is 693. The van der Waals surface area contributed by atoms with E-state index in [9.17, 15) is 0 Å². The molecule has 1 N–H and O–H groups in total. The second-order valence-corrected chi connectivity index (χ2v) is 6.40. The number of aryl methyl sites for hydroxylation is 1. The molecule has 2 aromatic carbocycles. The van der Waals surface area contributed by atoms with Gasteiger partial charge in [-0.05, 0) is 35.2 Å². The number of nitrogens with zero attached hydrogens (tertiary/aromatic N) is 1. The molecular formula is C20H24N2O2. The molecule has 1 unspecified atom stereocenters. The van der Waals surface area contributed by atoms with E-state index in [1.807, 2.05) is 6.07 Å². The normalized spacial score (nSPS) is 18.5. The fourth-order valence-electron chi connectivity index (χ4n) is 3.57. The van der Waals surface area contributed by atoms with Gasteiger partial charge in [-0.15, -0.1) is 0 Å². The van der Waals surface area contributed by atoms with Crippen LogP contribution in [-0.2, 0) is 6.42 Å². The maximum Gasteiger partial charge on any atom is 0.231 e. The van der Waals surface area contributed by atoms with Gasteiger partial charge in [0.05, 0.1) is 6.04 Å². The number of hydrogen-bond acceptors (Lipinski definition) is 4. The van der Waals surface area contributed by atoms with Crippen LogP contribution in [0.1, 0.15) is 29.7 Å². The average molecular weight is 324 g/mol. The minimum atomic E-state index is 0.257. The van der Waals surface area contributed by atoms with Crippen molar-refractivity contribution in [2.75, 3.05) is 33.0 Å². The Morgan fingerprint density at radius 3 is 2.42 bits per heavy atom. The highest BCUT2D eigenvalue weighted by Gasteiger charge is 2.25. The van der Waals surface area contributed by atoms with Crippen molar-refractivity contribution in [1.82, 2.24) is 10.2 Å². The summed E-state index contributed by atoms with van der Waals surface area (Å²) in [5, 5.41) is 3.45. The summed E-state index contributed by atoms with van der Waals surface area (Å²) in [4.78, 5) is 2.55. The molecule has 1 atom stereocenters. The van der Waals surface area contributed by atoms with Gasteiger partial charge in [0.15, 0.2) is 11.5 Å². The first-order valence-electron chi connectivity index (χ1n) is 8.78. The second kappa shape index (κ2) is 6.83. The number of fused-ring (bicyclic) bond motifs is 1. The van der Waals surface area contributed by atoms with Crippen molar-refractivity contribution in [2.45, 2.75) is 19.4 Å². The molecule has 4 heteroatoms. The van der Waals surface area contributed by atoms with Crippen LogP contribution in [0.15, 0.2) is 42.5 Å². The van der Waals surface area contributed by atoms with Gasteiger partial charge in [0, 0.05) is 26.2 Å². The van der Waals surface area contributed by atoms with Crippen LogP contribution in [0.25, 0.3) is 0 Å². The third kappa shape index (κ3) is 2.99. The van der Waals surface area contributed by atoms with E-state index in [0.29, 0.717) is 6.79 Å². The molecule has 2 aromatic rings. The molecule has 4 nitrogen and oxygen atoms in total. The van der Waals surface area contributed by atoms with E-state index in [-0.39, 0.29) is 6.04 Å². The van der Waals surface area contributed by atoms with Crippen molar-refractivity contribution in [1.29, 1.82) is 0 Å². The summed E-state index contributed by atoms with van der Waals surface area (Å²) in [6.45, 7) is 6.69. The van der Waals surface area contributed by atoms with Gasteiger partial charge in [-0.2, -0.15) is 0 Å². The third-order valence-corrected chi connectivity index (χ3v) is 4.93. The smallest absolute Gasteiger partial charge is 0.231 e. The lowest BCUT2D eigenvalue weighted by molar-refractivity contribution is 0.173. The molecule has 1 fully saturated rings. The molecule has 0 saturated carbocycles. The molecule has 24 heavy (non-hydrogen) atoms. The van der Waals surface area contributed by atoms with Crippen molar-refractivity contribution in [2.24, 2.45) is 0 Å². The van der Waals surface area contributed by atoms with Crippen molar-refractivity contribution < 1.29 is 9.47 Å². The molecule has 2 heterocycles. The van der Waals surface area contributed by atoms with Crippen LogP contribution in [0.5, 0.6) is 11.5 Å². The van der Waals surface area contributed by atoms with Crippen molar-refractivity contribution in [3.63, 3.8) is 0 Å². The molecule has 1 saturated heterocycles. The molecular weight excluding hydrogens is 300 g/mol. The molecule has 0 bridgehead atoms. The number of piperazine rings is 1. The van der Waals surface area contributed by atoms with Crippen molar-refractivity contribution in [3.8, 4) is 11.5 Å². The fraction of sp³-hybridized carbons (Fsp3) is 0.400. The topological polar surface area (TPSA) is 33.7 Å². The van der Waals surface area contributed by atoms with Crippen LogP contribution in [0.4, 0.5) is 0 Å². The predicted octanol–water partition coefficient (Wildman–Crippen LogP) is 2.97. The van der Waals surface area contributed by atoms with Gasteiger partial charge in [0.1, 0.15) is 0 Å². The van der Waals surface area contributed by atoms with Crippen LogP contribution in [0, 0.1) is 0 Å². The molecule has 2 aliphatic heterocycles. The Morgan fingerprint density at radius 2 is 1.67 bits per heavy atom. The number of rotatable bonds is 4. The van der Waals surface area contributed by atoms with Crippen molar-refractivity contribution in [3.05, 3.63) is 59.2 Å². The summed E-state index contributed by atoms with van der Waals surface area (Å²) < 4.78 is 11.1. The third-order valence-electron chi connectivity index (χ3n) is 4.93. The highest BCUT2D eigenvalue weighted by atomic mass is 16.7. The quantitative estimate of drug-likeness (QED) is 0.937. The molecule has 2 aliphatic rings. The first-order valence-corrected chi connectivity index (χ1v) is 8.78. The molecule has 4 rings (SSSR count). The Balaban J connectivity index is 1.71. The van der Waals surface area contributed by atoms with Crippen molar-refractivity contribution >= 4 is 0 Å². The zero-order chi connectivity index (χ0) is 16.4. The summed E-state index contributed by atoms with van der Waals surface area (Å²) in [7, 11) is 0. The van der Waals surface area contributed by atoms with Crippen LogP contribution in [0.2, 0.25) is 0 Å². The monoisotopic (exact) mass is 324 g/mol. The highest BCUT2D eigenvalue weighted by molar-refractivity contribution is 5.47. The zero-order valence-corrected chi connectivity index (χ0v) is 14.1. The van der Waals surface area contributed by atoms with E-state index in [0.717, 1.165) is 44.1 Å². The predicted molar refractivity (Wildman–Crippen MR) is 94.7 cm³/mol. The van der Waals surface area contributed by atoms with Crippen LogP contribution in [0.3, 0.4) is 0 Å². The Hall–Kier alpha value is -2.04. The molecule has 0 aromatic heterocycles. The number of benzene rings is 2. The van der Waals surface area contributed by atoms with E-state index >= 15 is 0 Å². The summed E-state index contributed by atoms with van der Waals surface area (Å²) in [6.07, 6.45) is 1.07. The standard InChI is InChI=1S/C20H24N2O2/c1-2-15-3-5-16(6-4-15)20(22-11-9-21-10-12-22)17-7-8-18-19(13-17)24-14-23-18/h3-8,13,20-21H,2,9-12,14H2,1H3. The van der Waals surface area contributed by atoms with E-state index < -0.39 is 0 Å². The first-order chi connectivity index (χ1) is 11.8. The van der Waals surface area contributed by atoms with Gasteiger partial charge >= 0.3 is 0 Å². The number of nitrogens with one attached hydrogen (secondary N) is 1. The van der Waals surface area contributed by atoms with E-state index in [4.69, 9.17) is 9.47 Å². The Labute approximate surface area is 143 Å². The summed E-state index contributed by atoms with van der Waals surface area (Å²) in [5.74, 6) is 1.71. The lowest BCUT2D eigenvalue weighted by Crippen LogP contribution is -2.45. The average Bonchev–Trinajstić information content (AvgIpc) is 3.11. The van der Waals surface area contributed by atoms with E-state index in [1.165, 1.54) is 16.7 Å². The highest BCUT2D eigenvalue weighted by Crippen LogP contribution is 2.37. The maximum atomic E-state index is 5.60. The zero-order valence-electron chi connectivity index (χ0n) is 14.1. The summed E-state index contributed by atoms with van der Waals surface area (Å²) in [5.41, 5.74) is 3.99. The fourth-order valence-corrected chi connectivity index (χ4v) is 3.57. The van der Waals surface area contributed by atoms with Gasteiger partial charge < -0.3 is 14.8 Å². The largest absolute Gasteiger partial charge is 0.454 e. The minimum Gasteiger partial charge on any atom is -0.454 e. The van der Waals surface area contributed by atoms with Crippen LogP contribution in [-0.4, -0.2) is 37.9 Å². The van der Waals surface area contributed by atoms with Gasteiger partial charge in [0.2, 0.25) is 6.79 Å². The molecule has 0 spiro atoms. The van der Waals surface area contributed by atoms with E-state index in [2.05, 4.69) is 53.5 Å². The maximum absolute atomic E-state index is 5.60. The van der Waals surface area contributed by atoms with Crippen LogP contribution >= 0.6 is 0 Å². The lowest BCUT2D eigenvalue weighted by atomic mass is 9.95. The van der Waals surface area contributed by atoms with Gasteiger partial charge in [-0.1, -0.05) is 37.3 Å². The summed E-state index contributed by atoms with van der Waals surface area (Å²) >= 11 is 0.